The van der Waals surface area contributed by atoms with Crippen LogP contribution in [0.4, 0.5) is 0 Å². The van der Waals surface area contributed by atoms with Gasteiger partial charge in [0, 0.05) is 12.5 Å². The summed E-state index contributed by atoms with van der Waals surface area (Å²) in [5, 5.41) is 22.0. The Morgan fingerprint density at radius 2 is 1.26 bits per heavy atom. The maximum atomic E-state index is 12.1. The lowest BCUT2D eigenvalue weighted by molar-refractivity contribution is -0.121. The van der Waals surface area contributed by atoms with Gasteiger partial charge < -0.3 is 15.5 Å². The van der Waals surface area contributed by atoms with E-state index in [0.717, 1.165) is 18.4 Å². The van der Waals surface area contributed by atoms with Crippen molar-refractivity contribution in [3.8, 4) is 11.5 Å². The average molecular weight is 434 g/mol. The fourth-order valence-corrected chi connectivity index (χ4v) is 4.10. The maximum Gasteiger partial charge on any atom is 0.220 e. The summed E-state index contributed by atoms with van der Waals surface area (Å²) in [6.07, 6.45) is 21.1. The molecule has 4 heteroatoms. The number of aromatic hydroxyl groups is 2. The van der Waals surface area contributed by atoms with Gasteiger partial charge in [-0.3, -0.25) is 4.79 Å². The number of phenols is 2. The first-order valence-corrected chi connectivity index (χ1v) is 12.8. The molecular weight excluding hydrogens is 386 g/mol. The Labute approximate surface area is 190 Å². The molecule has 31 heavy (non-hydrogen) atoms. The zero-order valence-corrected chi connectivity index (χ0v) is 20.1. The molecule has 0 saturated carbocycles. The fraction of sp³-hybridized carbons (Fsp3) is 0.741. The Kier molecular flexibility index (Phi) is 15.8. The molecule has 0 aliphatic rings. The molecule has 1 amide bonds. The molecule has 3 N–H and O–H groups in total. The highest BCUT2D eigenvalue weighted by Crippen LogP contribution is 2.25. The summed E-state index contributed by atoms with van der Waals surface area (Å²) in [6, 6.07) is 4.81. The summed E-state index contributed by atoms with van der Waals surface area (Å²) in [4.78, 5) is 12.1. The predicted octanol–water partition coefficient (Wildman–Crippen LogP) is 7.41. The van der Waals surface area contributed by atoms with Gasteiger partial charge >= 0.3 is 0 Å². The molecule has 0 aliphatic carbocycles. The topological polar surface area (TPSA) is 69.6 Å². The number of amides is 1. The van der Waals surface area contributed by atoms with Gasteiger partial charge in [-0.1, -0.05) is 103 Å². The number of nitrogens with one attached hydrogen (secondary N) is 1. The molecule has 4 nitrogen and oxygen atoms in total. The minimum Gasteiger partial charge on any atom is -0.504 e. The van der Waals surface area contributed by atoms with E-state index in [1.165, 1.54) is 89.5 Å². The van der Waals surface area contributed by atoms with E-state index in [2.05, 4.69) is 12.2 Å². The molecule has 0 radical (unpaired) electrons. The van der Waals surface area contributed by atoms with E-state index in [-0.39, 0.29) is 23.4 Å². The quantitative estimate of drug-likeness (QED) is 0.157. The summed E-state index contributed by atoms with van der Waals surface area (Å²) in [7, 11) is 0. The zero-order valence-electron chi connectivity index (χ0n) is 20.1. The van der Waals surface area contributed by atoms with Crippen molar-refractivity contribution in [3.05, 3.63) is 23.8 Å². The van der Waals surface area contributed by atoms with Gasteiger partial charge in [-0.15, -0.1) is 0 Å². The van der Waals surface area contributed by atoms with Crippen LogP contribution in [-0.4, -0.2) is 22.2 Å². The minimum absolute atomic E-state index is 0.00721. The second kappa shape index (κ2) is 17.9. The van der Waals surface area contributed by atoms with Crippen molar-refractivity contribution < 1.29 is 15.0 Å². The van der Waals surface area contributed by atoms with Gasteiger partial charge in [0.15, 0.2) is 11.5 Å². The van der Waals surface area contributed by atoms with Crippen molar-refractivity contribution in [1.82, 2.24) is 5.32 Å². The third-order valence-corrected chi connectivity index (χ3v) is 6.00. The van der Waals surface area contributed by atoms with E-state index in [9.17, 15) is 15.0 Å². The summed E-state index contributed by atoms with van der Waals surface area (Å²) in [6.45, 7) is 4.24. The highest BCUT2D eigenvalue weighted by molar-refractivity contribution is 5.76. The van der Waals surface area contributed by atoms with Gasteiger partial charge in [0.25, 0.3) is 0 Å². The third kappa shape index (κ3) is 14.8. The molecule has 0 aliphatic heterocycles. The lowest BCUT2D eigenvalue weighted by atomic mass is 10.0. The van der Waals surface area contributed by atoms with E-state index in [4.69, 9.17) is 0 Å². The monoisotopic (exact) mass is 433 g/mol. The van der Waals surface area contributed by atoms with Gasteiger partial charge in [0.05, 0.1) is 0 Å². The third-order valence-electron chi connectivity index (χ3n) is 6.00. The molecule has 0 aromatic heterocycles. The maximum absolute atomic E-state index is 12.1. The molecule has 1 rings (SSSR count). The molecular formula is C27H47NO3. The van der Waals surface area contributed by atoms with Crippen LogP contribution in [0.15, 0.2) is 18.2 Å². The SMILES string of the molecule is CCCCCCCCCCCCCCCCCC(=O)NC(C)Cc1ccc(O)c(O)c1. The fourth-order valence-electron chi connectivity index (χ4n) is 4.10. The molecule has 0 fully saturated rings. The lowest BCUT2D eigenvalue weighted by Crippen LogP contribution is -2.33. The molecule has 178 valence electrons. The van der Waals surface area contributed by atoms with Crippen LogP contribution in [-0.2, 0) is 11.2 Å². The van der Waals surface area contributed by atoms with E-state index in [0.29, 0.717) is 12.8 Å². The number of carbonyl (C=O) groups excluding carboxylic acids is 1. The van der Waals surface area contributed by atoms with Gasteiger partial charge in [0.1, 0.15) is 0 Å². The summed E-state index contributed by atoms with van der Waals surface area (Å²) in [5.41, 5.74) is 0.898. The number of rotatable bonds is 19. The van der Waals surface area contributed by atoms with Crippen LogP contribution in [0.5, 0.6) is 11.5 Å². The van der Waals surface area contributed by atoms with Crippen molar-refractivity contribution in [1.29, 1.82) is 0 Å². The van der Waals surface area contributed by atoms with Gasteiger partial charge in [0.2, 0.25) is 5.91 Å². The first-order valence-electron chi connectivity index (χ1n) is 12.8. The van der Waals surface area contributed by atoms with Crippen LogP contribution in [0.2, 0.25) is 0 Å². The number of phenolic OH excluding ortho intramolecular Hbond substituents is 2. The predicted molar refractivity (Wildman–Crippen MR) is 131 cm³/mol. The number of carbonyl (C=O) groups is 1. The van der Waals surface area contributed by atoms with Crippen LogP contribution < -0.4 is 5.32 Å². The number of hydrogen-bond acceptors (Lipinski definition) is 3. The van der Waals surface area contributed by atoms with Crippen molar-refractivity contribution in [2.24, 2.45) is 0 Å². The van der Waals surface area contributed by atoms with Crippen molar-refractivity contribution in [2.75, 3.05) is 0 Å². The summed E-state index contributed by atoms with van der Waals surface area (Å²) >= 11 is 0. The highest BCUT2D eigenvalue weighted by Gasteiger charge is 2.09. The lowest BCUT2D eigenvalue weighted by Gasteiger charge is -2.14. The highest BCUT2D eigenvalue weighted by atomic mass is 16.3. The second-order valence-corrected chi connectivity index (χ2v) is 9.20. The van der Waals surface area contributed by atoms with Crippen LogP contribution in [0.1, 0.15) is 122 Å². The Morgan fingerprint density at radius 1 is 0.774 bits per heavy atom. The Hall–Kier alpha value is -1.71. The standard InChI is InChI=1S/C27H47NO3/c1-3-4-5-6-7-8-9-10-11-12-13-14-15-16-17-18-27(31)28-23(2)21-24-19-20-25(29)26(30)22-24/h19-20,22-23,29-30H,3-18,21H2,1-2H3,(H,28,31). The first kappa shape index (κ1) is 27.3. The molecule has 0 spiro atoms. The van der Waals surface area contributed by atoms with Gasteiger partial charge in [-0.2, -0.15) is 0 Å². The smallest absolute Gasteiger partial charge is 0.220 e. The molecule has 0 saturated heterocycles. The van der Waals surface area contributed by atoms with Crippen molar-refractivity contribution in [3.63, 3.8) is 0 Å². The molecule has 0 heterocycles. The van der Waals surface area contributed by atoms with Gasteiger partial charge in [-0.25, -0.2) is 0 Å². The molecule has 1 atom stereocenters. The van der Waals surface area contributed by atoms with Crippen molar-refractivity contribution in [2.45, 2.75) is 129 Å². The number of hydrogen-bond donors (Lipinski definition) is 3. The van der Waals surface area contributed by atoms with Crippen LogP contribution in [0.25, 0.3) is 0 Å². The summed E-state index contributed by atoms with van der Waals surface area (Å²) < 4.78 is 0. The Balaban J connectivity index is 1.90. The van der Waals surface area contributed by atoms with Gasteiger partial charge in [-0.05, 0) is 37.5 Å². The van der Waals surface area contributed by atoms with Crippen LogP contribution >= 0.6 is 0 Å². The van der Waals surface area contributed by atoms with Crippen molar-refractivity contribution >= 4 is 5.91 Å². The summed E-state index contributed by atoms with van der Waals surface area (Å²) in [5.74, 6) is -0.132. The number of benzene rings is 1. The molecule has 1 unspecified atom stereocenters. The average Bonchev–Trinajstić information content (AvgIpc) is 2.73. The molecule has 1 aromatic rings. The van der Waals surface area contributed by atoms with E-state index >= 15 is 0 Å². The van der Waals surface area contributed by atoms with Crippen LogP contribution in [0.3, 0.4) is 0 Å². The zero-order chi connectivity index (χ0) is 22.7. The van der Waals surface area contributed by atoms with E-state index < -0.39 is 0 Å². The number of unbranched alkanes of at least 4 members (excludes halogenated alkanes) is 14. The molecule has 0 bridgehead atoms. The largest absolute Gasteiger partial charge is 0.504 e. The Bertz CT molecular complexity index is 588. The van der Waals surface area contributed by atoms with Crippen LogP contribution in [0, 0.1) is 0 Å². The van der Waals surface area contributed by atoms with E-state index in [1.54, 1.807) is 12.1 Å². The minimum atomic E-state index is -0.117. The Morgan fingerprint density at radius 3 is 1.74 bits per heavy atom. The normalized spacial score (nSPS) is 12.1. The first-order chi connectivity index (χ1) is 15.0. The van der Waals surface area contributed by atoms with E-state index in [1.807, 2.05) is 6.92 Å². The molecule has 1 aromatic carbocycles. The second-order valence-electron chi connectivity index (χ2n) is 9.20.